The lowest BCUT2D eigenvalue weighted by Crippen LogP contribution is -2.58. The van der Waals surface area contributed by atoms with Crippen LogP contribution in [-0.2, 0) is 25.6 Å². The average molecular weight is 367 g/mol. The minimum absolute atomic E-state index is 0.254. The minimum Gasteiger partial charge on any atom is -0.490 e. The summed E-state index contributed by atoms with van der Waals surface area (Å²) in [4.78, 5) is 7.06. The van der Waals surface area contributed by atoms with E-state index < -0.39 is 5.60 Å². The maximum Gasteiger partial charge on any atom is 0.141 e. The lowest BCUT2D eigenvalue weighted by atomic mass is 9.65. The van der Waals surface area contributed by atoms with Gasteiger partial charge in [-0.2, -0.15) is 0 Å². The van der Waals surface area contributed by atoms with Crippen molar-refractivity contribution in [3.05, 3.63) is 47.5 Å². The molecule has 1 aliphatic carbocycles. The highest BCUT2D eigenvalue weighted by atomic mass is 16.5. The van der Waals surface area contributed by atoms with E-state index in [1.165, 1.54) is 17.5 Å². The summed E-state index contributed by atoms with van der Waals surface area (Å²) in [5.41, 5.74) is 1.91. The van der Waals surface area contributed by atoms with E-state index in [2.05, 4.69) is 35.0 Å². The van der Waals surface area contributed by atoms with Gasteiger partial charge in [0.1, 0.15) is 23.3 Å². The van der Waals surface area contributed by atoms with E-state index in [9.17, 15) is 5.11 Å². The van der Waals surface area contributed by atoms with Crippen LogP contribution in [0.25, 0.3) is 0 Å². The normalized spacial score (nSPS) is 32.9. The molecule has 5 nitrogen and oxygen atoms in total. The number of hydrogen-bond acceptors (Lipinski definition) is 4. The standard InChI is InChI=1S/C22H29N3O2/c1-15-10-17-11-16(6-7-20(17)27-15)12-25-13-18-4-3-5-19(14-25)22(18,26)21-23-8-9-24(21)2/h6-9,11,15,18-19,26H,3-5,10,12-14H2,1-2H3/t15-,18-,19-/m0/s1. The van der Waals surface area contributed by atoms with Crippen LogP contribution in [0.4, 0.5) is 0 Å². The zero-order chi connectivity index (χ0) is 18.6. The second kappa shape index (κ2) is 6.35. The Hall–Kier alpha value is -1.85. The number of benzene rings is 1. The van der Waals surface area contributed by atoms with Crippen molar-refractivity contribution in [3.8, 4) is 5.75 Å². The van der Waals surface area contributed by atoms with Crippen LogP contribution in [0.5, 0.6) is 5.75 Å². The van der Waals surface area contributed by atoms with Gasteiger partial charge in [-0.25, -0.2) is 4.98 Å². The van der Waals surface area contributed by atoms with Crippen LogP contribution in [0.2, 0.25) is 0 Å². The Balaban J connectivity index is 1.36. The molecule has 1 saturated carbocycles. The molecule has 5 heteroatoms. The Morgan fingerprint density at radius 2 is 2.04 bits per heavy atom. The van der Waals surface area contributed by atoms with E-state index in [4.69, 9.17) is 4.74 Å². The van der Waals surface area contributed by atoms with Gasteiger partial charge in [0.05, 0.1) is 0 Å². The Morgan fingerprint density at radius 1 is 1.26 bits per heavy atom. The molecular weight excluding hydrogens is 338 g/mol. The summed E-state index contributed by atoms with van der Waals surface area (Å²) in [6, 6.07) is 6.64. The summed E-state index contributed by atoms with van der Waals surface area (Å²) in [5, 5.41) is 11.7. The topological polar surface area (TPSA) is 50.5 Å². The van der Waals surface area contributed by atoms with E-state index in [0.29, 0.717) is 0 Å². The molecule has 2 aliphatic heterocycles. The molecule has 0 radical (unpaired) electrons. The van der Waals surface area contributed by atoms with Gasteiger partial charge in [0.2, 0.25) is 0 Å². The van der Waals surface area contributed by atoms with Crippen molar-refractivity contribution >= 4 is 0 Å². The molecule has 27 heavy (non-hydrogen) atoms. The minimum atomic E-state index is -0.784. The molecule has 3 atom stereocenters. The molecule has 2 aromatic rings. The summed E-state index contributed by atoms with van der Waals surface area (Å²) in [6.45, 7) is 4.95. The fraction of sp³-hybridized carbons (Fsp3) is 0.591. The molecule has 1 saturated heterocycles. The summed E-state index contributed by atoms with van der Waals surface area (Å²) < 4.78 is 7.84. The van der Waals surface area contributed by atoms with Gasteiger partial charge in [-0.1, -0.05) is 18.6 Å². The quantitative estimate of drug-likeness (QED) is 0.906. The number of ether oxygens (including phenoxy) is 1. The molecule has 0 unspecified atom stereocenters. The fourth-order valence-corrected chi connectivity index (χ4v) is 5.62. The van der Waals surface area contributed by atoms with Gasteiger partial charge >= 0.3 is 0 Å². The van der Waals surface area contributed by atoms with Gasteiger partial charge < -0.3 is 14.4 Å². The van der Waals surface area contributed by atoms with Crippen molar-refractivity contribution in [2.75, 3.05) is 13.1 Å². The Morgan fingerprint density at radius 3 is 2.74 bits per heavy atom. The maximum absolute atomic E-state index is 11.7. The molecule has 1 aromatic heterocycles. The van der Waals surface area contributed by atoms with E-state index in [1.54, 1.807) is 0 Å². The largest absolute Gasteiger partial charge is 0.490 e. The first-order valence-corrected chi connectivity index (χ1v) is 10.2. The number of rotatable bonds is 3. The van der Waals surface area contributed by atoms with Crippen LogP contribution in [0.3, 0.4) is 0 Å². The molecule has 2 bridgehead atoms. The number of hydrogen-bond donors (Lipinski definition) is 1. The van der Waals surface area contributed by atoms with Gasteiger partial charge in [0.25, 0.3) is 0 Å². The fourth-order valence-electron chi connectivity index (χ4n) is 5.62. The highest BCUT2D eigenvalue weighted by molar-refractivity contribution is 5.40. The lowest BCUT2D eigenvalue weighted by Gasteiger charge is -2.52. The zero-order valence-corrected chi connectivity index (χ0v) is 16.3. The summed E-state index contributed by atoms with van der Waals surface area (Å²) >= 11 is 0. The molecule has 144 valence electrons. The summed E-state index contributed by atoms with van der Waals surface area (Å²) in [5.74, 6) is 2.40. The van der Waals surface area contributed by atoms with Crippen LogP contribution < -0.4 is 4.74 Å². The predicted octanol–water partition coefficient (Wildman–Crippen LogP) is 2.86. The van der Waals surface area contributed by atoms with Gasteiger partial charge in [0, 0.05) is 57.3 Å². The number of likely N-dealkylation sites (tertiary alicyclic amines) is 1. The van der Waals surface area contributed by atoms with E-state index in [-0.39, 0.29) is 17.9 Å². The van der Waals surface area contributed by atoms with Gasteiger partial charge in [-0.3, -0.25) is 4.90 Å². The van der Waals surface area contributed by atoms with Crippen molar-refractivity contribution in [2.24, 2.45) is 18.9 Å². The molecule has 5 rings (SSSR count). The molecule has 3 aliphatic rings. The van der Waals surface area contributed by atoms with Gasteiger partial charge in [-0.15, -0.1) is 0 Å². The van der Waals surface area contributed by atoms with Gasteiger partial charge in [0.15, 0.2) is 0 Å². The predicted molar refractivity (Wildman–Crippen MR) is 103 cm³/mol. The number of piperidine rings is 1. The van der Waals surface area contributed by atoms with Gasteiger partial charge in [-0.05, 0) is 37.0 Å². The maximum atomic E-state index is 11.7. The third-order valence-corrected chi connectivity index (χ3v) is 6.85. The lowest BCUT2D eigenvalue weighted by molar-refractivity contribution is -0.155. The molecule has 1 aromatic carbocycles. The van der Waals surface area contributed by atoms with Crippen LogP contribution in [0.15, 0.2) is 30.6 Å². The first-order valence-electron chi connectivity index (χ1n) is 10.2. The Labute approximate surface area is 161 Å². The smallest absolute Gasteiger partial charge is 0.141 e. The Kier molecular flexibility index (Phi) is 4.06. The van der Waals surface area contributed by atoms with Crippen molar-refractivity contribution in [1.29, 1.82) is 0 Å². The molecule has 3 heterocycles. The SMILES string of the molecule is C[C@H]1Cc2cc(CN3C[C@@H]4CCC[C@@H](C3)C4(O)c3nccn3C)ccc2O1. The zero-order valence-electron chi connectivity index (χ0n) is 16.3. The molecule has 0 amide bonds. The monoisotopic (exact) mass is 367 g/mol. The van der Waals surface area contributed by atoms with E-state index >= 15 is 0 Å². The molecule has 2 fully saturated rings. The van der Waals surface area contributed by atoms with Crippen molar-refractivity contribution in [2.45, 2.75) is 50.9 Å². The van der Waals surface area contributed by atoms with E-state index in [0.717, 1.165) is 50.5 Å². The first-order chi connectivity index (χ1) is 13.0. The third kappa shape index (κ3) is 2.79. The van der Waals surface area contributed by atoms with Crippen molar-refractivity contribution < 1.29 is 9.84 Å². The number of aromatic nitrogens is 2. The average Bonchev–Trinajstić information content (AvgIpc) is 3.20. The highest BCUT2D eigenvalue weighted by Crippen LogP contribution is 2.48. The molecule has 0 spiro atoms. The van der Waals surface area contributed by atoms with Crippen LogP contribution >= 0.6 is 0 Å². The van der Waals surface area contributed by atoms with Crippen LogP contribution in [-0.4, -0.2) is 38.8 Å². The van der Waals surface area contributed by atoms with Crippen LogP contribution in [0.1, 0.15) is 43.1 Å². The van der Waals surface area contributed by atoms with Crippen molar-refractivity contribution in [1.82, 2.24) is 14.5 Å². The molecule has 1 N–H and O–H groups in total. The number of imidazole rings is 1. The number of nitrogens with zero attached hydrogens (tertiary/aromatic N) is 3. The second-order valence-electron chi connectivity index (χ2n) is 8.78. The highest BCUT2D eigenvalue weighted by Gasteiger charge is 2.53. The summed E-state index contributed by atoms with van der Waals surface area (Å²) in [6.07, 6.45) is 8.42. The van der Waals surface area contributed by atoms with Crippen LogP contribution in [0, 0.1) is 11.8 Å². The van der Waals surface area contributed by atoms with E-state index in [1.807, 2.05) is 24.0 Å². The first kappa shape index (κ1) is 17.3. The Bertz CT molecular complexity index is 832. The second-order valence-corrected chi connectivity index (χ2v) is 8.78. The summed E-state index contributed by atoms with van der Waals surface area (Å²) in [7, 11) is 2.00. The molecular formula is C22H29N3O2. The third-order valence-electron chi connectivity index (χ3n) is 6.85. The number of fused-ring (bicyclic) bond motifs is 3. The number of aryl methyl sites for hydroxylation is 1. The number of aliphatic hydroxyl groups is 1. The van der Waals surface area contributed by atoms with Crippen molar-refractivity contribution in [3.63, 3.8) is 0 Å².